The Balaban J connectivity index is 2.27. The molecule has 1 aromatic heterocycles. The second kappa shape index (κ2) is 7.49. The molecule has 2 N–H and O–H groups in total. The lowest BCUT2D eigenvalue weighted by Crippen LogP contribution is -2.11. The summed E-state index contributed by atoms with van der Waals surface area (Å²) in [5.74, 6) is 0.610. The number of aliphatic imine (C=N–C) groups is 1. The quantitative estimate of drug-likeness (QED) is 0.518. The Morgan fingerprint density at radius 2 is 2.14 bits per heavy atom. The molecule has 22 heavy (non-hydrogen) atoms. The van der Waals surface area contributed by atoms with Crippen LogP contribution in [0.4, 0.5) is 0 Å². The first-order valence-corrected chi connectivity index (χ1v) is 8.53. The van der Waals surface area contributed by atoms with E-state index in [9.17, 15) is 4.79 Å². The van der Waals surface area contributed by atoms with Crippen molar-refractivity contribution in [2.75, 3.05) is 0 Å². The highest BCUT2D eigenvalue weighted by molar-refractivity contribution is 8.13. The third-order valence-electron chi connectivity index (χ3n) is 3.62. The maximum absolute atomic E-state index is 11.7. The Bertz CT molecular complexity index is 737. The fraction of sp³-hybridized carbons (Fsp3) is 0.412. The van der Waals surface area contributed by atoms with Crippen molar-refractivity contribution < 1.29 is 4.42 Å². The van der Waals surface area contributed by atoms with Crippen molar-refractivity contribution in [3.63, 3.8) is 0 Å². The number of nitrogens with two attached hydrogens (primary N) is 1. The van der Waals surface area contributed by atoms with Crippen LogP contribution in [-0.2, 0) is 12.2 Å². The zero-order valence-corrected chi connectivity index (χ0v) is 14.1. The fourth-order valence-electron chi connectivity index (χ4n) is 2.11. The Kier molecular flexibility index (Phi) is 5.66. The maximum Gasteiger partial charge on any atom is 0.336 e. The SMILES string of the molecule is CCc1ccc2c(CSC(N)=N[C@@H](C)CC)cc(=O)oc2c1. The lowest BCUT2D eigenvalue weighted by molar-refractivity contribution is 0.559. The molecule has 118 valence electrons. The van der Waals surface area contributed by atoms with Crippen LogP contribution in [0.5, 0.6) is 0 Å². The summed E-state index contributed by atoms with van der Waals surface area (Å²) in [5, 5.41) is 1.52. The smallest absolute Gasteiger partial charge is 0.336 e. The van der Waals surface area contributed by atoms with Crippen LogP contribution in [0.3, 0.4) is 0 Å². The molecule has 0 saturated heterocycles. The first kappa shape index (κ1) is 16.6. The average Bonchev–Trinajstić information content (AvgIpc) is 2.51. The molecule has 2 rings (SSSR count). The number of benzene rings is 1. The lowest BCUT2D eigenvalue weighted by atomic mass is 10.1. The highest BCUT2D eigenvalue weighted by Crippen LogP contribution is 2.23. The predicted octanol–water partition coefficient (Wildman–Crippen LogP) is 3.70. The number of amidine groups is 1. The van der Waals surface area contributed by atoms with E-state index in [1.807, 2.05) is 19.1 Å². The van der Waals surface area contributed by atoms with Gasteiger partial charge in [-0.3, -0.25) is 4.99 Å². The Morgan fingerprint density at radius 3 is 2.82 bits per heavy atom. The van der Waals surface area contributed by atoms with E-state index in [0.29, 0.717) is 16.5 Å². The second-order valence-electron chi connectivity index (χ2n) is 5.29. The fourth-order valence-corrected chi connectivity index (χ4v) is 2.91. The molecule has 0 aliphatic rings. The Hall–Kier alpha value is -1.75. The normalized spacial score (nSPS) is 13.5. The topological polar surface area (TPSA) is 68.6 Å². The molecule has 0 bridgehead atoms. The van der Waals surface area contributed by atoms with Gasteiger partial charge >= 0.3 is 5.63 Å². The number of fused-ring (bicyclic) bond motifs is 1. The number of thioether (sulfide) groups is 1. The summed E-state index contributed by atoms with van der Waals surface area (Å²) in [4.78, 5) is 16.1. The molecular weight excluding hydrogens is 296 g/mol. The number of hydrogen-bond donors (Lipinski definition) is 1. The van der Waals surface area contributed by atoms with Crippen LogP contribution < -0.4 is 11.4 Å². The van der Waals surface area contributed by atoms with E-state index in [-0.39, 0.29) is 11.7 Å². The maximum atomic E-state index is 11.7. The third-order valence-corrected chi connectivity index (χ3v) is 4.47. The Morgan fingerprint density at radius 1 is 1.36 bits per heavy atom. The van der Waals surface area contributed by atoms with Gasteiger partial charge in [-0.15, -0.1) is 0 Å². The largest absolute Gasteiger partial charge is 0.423 e. The second-order valence-corrected chi connectivity index (χ2v) is 6.28. The molecule has 0 aliphatic heterocycles. The van der Waals surface area contributed by atoms with Gasteiger partial charge in [0, 0.05) is 23.2 Å². The molecule has 0 saturated carbocycles. The van der Waals surface area contributed by atoms with E-state index in [0.717, 1.165) is 29.4 Å². The van der Waals surface area contributed by atoms with Crippen LogP contribution in [0.25, 0.3) is 11.0 Å². The summed E-state index contributed by atoms with van der Waals surface area (Å²) in [5.41, 5.74) is 8.33. The minimum atomic E-state index is -0.325. The highest BCUT2D eigenvalue weighted by Gasteiger charge is 2.08. The van der Waals surface area contributed by atoms with E-state index in [1.165, 1.54) is 17.8 Å². The zero-order chi connectivity index (χ0) is 16.1. The van der Waals surface area contributed by atoms with Crippen molar-refractivity contribution in [1.29, 1.82) is 0 Å². The summed E-state index contributed by atoms with van der Waals surface area (Å²) in [7, 11) is 0. The first-order valence-electron chi connectivity index (χ1n) is 7.55. The van der Waals surface area contributed by atoms with E-state index in [2.05, 4.69) is 24.9 Å². The van der Waals surface area contributed by atoms with Crippen molar-refractivity contribution in [1.82, 2.24) is 0 Å². The zero-order valence-electron chi connectivity index (χ0n) is 13.3. The van der Waals surface area contributed by atoms with Gasteiger partial charge in [0.1, 0.15) is 5.58 Å². The summed E-state index contributed by atoms with van der Waals surface area (Å²) in [6.45, 7) is 6.19. The van der Waals surface area contributed by atoms with Gasteiger partial charge in [0.25, 0.3) is 0 Å². The third kappa shape index (κ3) is 4.13. The molecule has 0 unspecified atom stereocenters. The van der Waals surface area contributed by atoms with Crippen LogP contribution in [0, 0.1) is 0 Å². The van der Waals surface area contributed by atoms with Gasteiger partial charge in [0.2, 0.25) is 0 Å². The Labute approximate surface area is 134 Å². The van der Waals surface area contributed by atoms with Crippen LogP contribution in [0.15, 0.2) is 38.5 Å². The number of aryl methyl sites for hydroxylation is 1. The minimum absolute atomic E-state index is 0.220. The molecule has 0 fully saturated rings. The average molecular weight is 318 g/mol. The van der Waals surface area contributed by atoms with Gasteiger partial charge in [0.05, 0.1) is 0 Å². The van der Waals surface area contributed by atoms with Gasteiger partial charge < -0.3 is 10.2 Å². The minimum Gasteiger partial charge on any atom is -0.423 e. The van der Waals surface area contributed by atoms with Gasteiger partial charge in [0.15, 0.2) is 5.17 Å². The van der Waals surface area contributed by atoms with Crippen molar-refractivity contribution in [2.45, 2.75) is 45.4 Å². The van der Waals surface area contributed by atoms with Crippen molar-refractivity contribution in [2.24, 2.45) is 10.7 Å². The predicted molar refractivity (Wildman–Crippen MR) is 94.5 cm³/mol. The molecule has 1 atom stereocenters. The molecule has 0 radical (unpaired) electrons. The molecule has 0 amide bonds. The molecule has 5 heteroatoms. The number of nitrogens with zero attached hydrogens (tertiary/aromatic N) is 1. The van der Waals surface area contributed by atoms with E-state index < -0.39 is 0 Å². The van der Waals surface area contributed by atoms with Gasteiger partial charge in [-0.25, -0.2) is 4.79 Å². The van der Waals surface area contributed by atoms with E-state index in [1.54, 1.807) is 0 Å². The van der Waals surface area contributed by atoms with Crippen LogP contribution in [-0.4, -0.2) is 11.2 Å². The van der Waals surface area contributed by atoms with E-state index >= 15 is 0 Å². The summed E-state index contributed by atoms with van der Waals surface area (Å²) in [6, 6.07) is 7.76. The summed E-state index contributed by atoms with van der Waals surface area (Å²) in [6.07, 6.45) is 1.87. The number of hydrogen-bond acceptors (Lipinski definition) is 4. The summed E-state index contributed by atoms with van der Waals surface area (Å²) >= 11 is 1.45. The van der Waals surface area contributed by atoms with Gasteiger partial charge in [-0.2, -0.15) is 0 Å². The molecular formula is C17H22N2O2S. The van der Waals surface area contributed by atoms with Crippen molar-refractivity contribution in [3.8, 4) is 0 Å². The van der Waals surface area contributed by atoms with Gasteiger partial charge in [-0.1, -0.05) is 37.7 Å². The molecule has 2 aromatic rings. The van der Waals surface area contributed by atoms with Crippen molar-refractivity contribution in [3.05, 3.63) is 45.8 Å². The van der Waals surface area contributed by atoms with E-state index in [4.69, 9.17) is 10.2 Å². The highest BCUT2D eigenvalue weighted by atomic mass is 32.2. The van der Waals surface area contributed by atoms with Crippen LogP contribution in [0.1, 0.15) is 38.3 Å². The van der Waals surface area contributed by atoms with Crippen molar-refractivity contribution >= 4 is 27.9 Å². The molecule has 1 aromatic carbocycles. The standard InChI is InChI=1S/C17H22N2O2S/c1-4-11(3)19-17(18)22-10-13-9-16(20)21-15-8-12(5-2)6-7-14(13)15/h6-9,11H,4-5,10H2,1-3H3,(H2,18,19)/t11-/m0/s1. The molecule has 0 aliphatic carbocycles. The van der Waals surface area contributed by atoms with Gasteiger partial charge in [-0.05, 0) is 37.0 Å². The monoisotopic (exact) mass is 318 g/mol. The molecule has 0 spiro atoms. The summed E-state index contributed by atoms with van der Waals surface area (Å²) < 4.78 is 5.31. The number of rotatable bonds is 5. The van der Waals surface area contributed by atoms with Crippen LogP contribution >= 0.6 is 11.8 Å². The van der Waals surface area contributed by atoms with Crippen LogP contribution in [0.2, 0.25) is 0 Å². The lowest BCUT2D eigenvalue weighted by Gasteiger charge is -2.08. The molecule has 4 nitrogen and oxygen atoms in total. The first-order chi connectivity index (χ1) is 10.5. The molecule has 1 heterocycles.